The van der Waals surface area contributed by atoms with Gasteiger partial charge in [-0.15, -0.1) is 0 Å². The average molecular weight is 381 g/mol. The summed E-state index contributed by atoms with van der Waals surface area (Å²) in [4.78, 5) is 25.0. The number of rotatable bonds is 7. The quantitative estimate of drug-likeness (QED) is 0.601. The van der Waals surface area contributed by atoms with Crippen LogP contribution >= 0.6 is 0 Å². The Morgan fingerprint density at radius 3 is 2.68 bits per heavy atom. The van der Waals surface area contributed by atoms with E-state index in [2.05, 4.69) is 30.7 Å². The molecule has 1 amide bonds. The molecule has 28 heavy (non-hydrogen) atoms. The van der Waals surface area contributed by atoms with Crippen molar-refractivity contribution < 1.29 is 9.53 Å². The van der Waals surface area contributed by atoms with Gasteiger partial charge in [-0.05, 0) is 32.9 Å². The van der Waals surface area contributed by atoms with Crippen molar-refractivity contribution in [3.63, 3.8) is 0 Å². The molecule has 0 unspecified atom stereocenters. The molecule has 146 valence electrons. The van der Waals surface area contributed by atoms with Crippen molar-refractivity contribution in [2.45, 2.75) is 20.8 Å². The van der Waals surface area contributed by atoms with Crippen LogP contribution in [0.2, 0.25) is 0 Å². The second-order valence-corrected chi connectivity index (χ2v) is 6.27. The fourth-order valence-electron chi connectivity index (χ4n) is 2.74. The second-order valence-electron chi connectivity index (χ2n) is 6.27. The van der Waals surface area contributed by atoms with Gasteiger partial charge in [0.25, 0.3) is 5.91 Å². The molecule has 3 rings (SSSR count). The monoisotopic (exact) mass is 381 g/mol. The molecule has 0 fully saturated rings. The van der Waals surface area contributed by atoms with Crippen LogP contribution < -0.4 is 15.4 Å². The fraction of sp³-hybridized carbons (Fsp3) is 0.316. The summed E-state index contributed by atoms with van der Waals surface area (Å²) < 4.78 is 6.82. The maximum atomic E-state index is 12.2. The van der Waals surface area contributed by atoms with Crippen LogP contribution in [0.4, 0.5) is 5.82 Å². The van der Waals surface area contributed by atoms with Crippen LogP contribution in [0.25, 0.3) is 5.82 Å². The van der Waals surface area contributed by atoms with Crippen LogP contribution in [0.1, 0.15) is 27.6 Å². The lowest BCUT2D eigenvalue weighted by Crippen LogP contribution is -2.29. The Hall–Kier alpha value is -3.49. The van der Waals surface area contributed by atoms with Gasteiger partial charge in [0, 0.05) is 42.7 Å². The third-order valence-corrected chi connectivity index (χ3v) is 3.97. The molecule has 9 nitrogen and oxygen atoms in total. The highest BCUT2D eigenvalue weighted by Crippen LogP contribution is 2.13. The molecule has 0 spiro atoms. The van der Waals surface area contributed by atoms with Gasteiger partial charge in [0.1, 0.15) is 11.6 Å². The number of amides is 1. The van der Waals surface area contributed by atoms with Gasteiger partial charge in [0.05, 0.1) is 12.8 Å². The number of nitrogens with zero attached hydrogens (tertiary/aromatic N) is 5. The molecule has 9 heteroatoms. The normalized spacial score (nSPS) is 10.6. The number of methoxy groups -OCH3 is 1. The number of nitrogens with one attached hydrogen (secondary N) is 2. The number of aromatic nitrogens is 5. The van der Waals surface area contributed by atoms with Crippen LogP contribution in [-0.4, -0.2) is 50.8 Å². The molecule has 3 aromatic heterocycles. The minimum Gasteiger partial charge on any atom is -0.481 e. The first-order valence-electron chi connectivity index (χ1n) is 8.87. The molecule has 3 aromatic rings. The lowest BCUT2D eigenvalue weighted by molar-refractivity contribution is 0.0954. The maximum Gasteiger partial charge on any atom is 0.251 e. The summed E-state index contributed by atoms with van der Waals surface area (Å²) in [5, 5.41) is 10.5. The zero-order valence-electron chi connectivity index (χ0n) is 16.4. The van der Waals surface area contributed by atoms with Gasteiger partial charge in [-0.25, -0.2) is 19.6 Å². The largest absolute Gasteiger partial charge is 0.481 e. The molecule has 0 saturated heterocycles. The number of hydrogen-bond acceptors (Lipinski definition) is 7. The summed E-state index contributed by atoms with van der Waals surface area (Å²) in [7, 11) is 1.51. The summed E-state index contributed by atoms with van der Waals surface area (Å²) in [6, 6.07) is 7.06. The van der Waals surface area contributed by atoms with E-state index in [-0.39, 0.29) is 5.91 Å². The highest BCUT2D eigenvalue weighted by molar-refractivity contribution is 5.94. The van der Waals surface area contributed by atoms with Crippen molar-refractivity contribution in [1.29, 1.82) is 0 Å². The Morgan fingerprint density at radius 1 is 1.14 bits per heavy atom. The molecular weight excluding hydrogens is 358 g/mol. The lowest BCUT2D eigenvalue weighted by Gasteiger charge is -2.10. The molecule has 0 aliphatic rings. The first-order chi connectivity index (χ1) is 13.5. The zero-order valence-corrected chi connectivity index (χ0v) is 16.4. The van der Waals surface area contributed by atoms with Crippen LogP contribution in [0.3, 0.4) is 0 Å². The number of hydrogen-bond donors (Lipinski definition) is 2. The van der Waals surface area contributed by atoms with Crippen LogP contribution in [0, 0.1) is 20.8 Å². The van der Waals surface area contributed by atoms with Crippen molar-refractivity contribution in [3.05, 3.63) is 53.2 Å². The zero-order chi connectivity index (χ0) is 20.1. The number of anilines is 1. The van der Waals surface area contributed by atoms with Crippen molar-refractivity contribution in [1.82, 2.24) is 30.0 Å². The number of aryl methyl sites for hydroxylation is 3. The predicted octanol–water partition coefficient (Wildman–Crippen LogP) is 1.83. The Bertz CT molecular complexity index is 984. The third-order valence-electron chi connectivity index (χ3n) is 3.97. The molecule has 2 N–H and O–H groups in total. The van der Waals surface area contributed by atoms with Gasteiger partial charge < -0.3 is 15.4 Å². The van der Waals surface area contributed by atoms with Crippen LogP contribution in [-0.2, 0) is 0 Å². The second kappa shape index (κ2) is 8.47. The van der Waals surface area contributed by atoms with Crippen LogP contribution in [0.15, 0.2) is 30.5 Å². The molecular formula is C19H23N7O2. The van der Waals surface area contributed by atoms with E-state index in [1.807, 2.05) is 32.9 Å². The molecule has 0 bridgehead atoms. The Balaban J connectivity index is 1.59. The minimum atomic E-state index is -0.190. The Labute approximate surface area is 163 Å². The van der Waals surface area contributed by atoms with Crippen molar-refractivity contribution >= 4 is 11.7 Å². The summed E-state index contributed by atoms with van der Waals surface area (Å²) in [6.45, 7) is 6.70. The highest BCUT2D eigenvalue weighted by atomic mass is 16.5. The van der Waals surface area contributed by atoms with Gasteiger partial charge in [-0.1, -0.05) is 0 Å². The summed E-state index contributed by atoms with van der Waals surface area (Å²) in [5.74, 6) is 2.23. The smallest absolute Gasteiger partial charge is 0.251 e. The highest BCUT2D eigenvalue weighted by Gasteiger charge is 2.09. The van der Waals surface area contributed by atoms with Crippen LogP contribution in [0.5, 0.6) is 5.88 Å². The average Bonchev–Trinajstić information content (AvgIpc) is 3.03. The minimum absolute atomic E-state index is 0.190. The molecule has 0 atom stereocenters. The molecule has 0 aliphatic carbocycles. The van der Waals surface area contributed by atoms with E-state index in [1.54, 1.807) is 16.8 Å². The molecule has 0 aliphatic heterocycles. The topological polar surface area (TPSA) is 107 Å². The standard InChI is InChI=1S/C19H23N7O2/c1-12-9-13(2)26(25-12)17-11-16(23-14(3)24-17)20-7-8-22-19(27)15-5-6-21-18(10-15)28-4/h5-6,9-11H,7-8H2,1-4H3,(H,22,27)(H,20,23,24). The van der Waals surface area contributed by atoms with E-state index in [9.17, 15) is 4.79 Å². The van der Waals surface area contributed by atoms with E-state index in [4.69, 9.17) is 4.74 Å². The number of ether oxygens (including phenoxy) is 1. The SMILES string of the molecule is COc1cc(C(=O)NCCNc2cc(-n3nc(C)cc3C)nc(C)n2)ccn1. The number of carbonyl (C=O) groups is 1. The van der Waals surface area contributed by atoms with E-state index in [0.29, 0.717) is 42.0 Å². The van der Waals surface area contributed by atoms with Gasteiger partial charge in [0.15, 0.2) is 5.82 Å². The summed E-state index contributed by atoms with van der Waals surface area (Å²) >= 11 is 0. The van der Waals surface area contributed by atoms with Crippen molar-refractivity contribution in [2.75, 3.05) is 25.5 Å². The molecule has 0 radical (unpaired) electrons. The molecule has 0 saturated carbocycles. The Kier molecular flexibility index (Phi) is 5.83. The number of carbonyl (C=O) groups excluding carboxylic acids is 1. The maximum absolute atomic E-state index is 12.2. The molecule has 0 aromatic carbocycles. The molecule has 3 heterocycles. The Morgan fingerprint density at radius 2 is 1.96 bits per heavy atom. The fourth-order valence-corrected chi connectivity index (χ4v) is 2.74. The number of pyridine rings is 1. The van der Waals surface area contributed by atoms with Gasteiger partial charge in [-0.3, -0.25) is 4.79 Å². The van der Waals surface area contributed by atoms with Gasteiger partial charge in [0.2, 0.25) is 5.88 Å². The summed E-state index contributed by atoms with van der Waals surface area (Å²) in [6.07, 6.45) is 1.54. The predicted molar refractivity (Wildman–Crippen MR) is 105 cm³/mol. The van der Waals surface area contributed by atoms with E-state index in [1.165, 1.54) is 13.3 Å². The lowest BCUT2D eigenvalue weighted by atomic mass is 10.2. The van der Waals surface area contributed by atoms with E-state index in [0.717, 1.165) is 11.4 Å². The van der Waals surface area contributed by atoms with Gasteiger partial charge in [-0.2, -0.15) is 5.10 Å². The van der Waals surface area contributed by atoms with E-state index >= 15 is 0 Å². The van der Waals surface area contributed by atoms with Gasteiger partial charge >= 0.3 is 0 Å². The summed E-state index contributed by atoms with van der Waals surface area (Å²) in [5.41, 5.74) is 2.43. The van der Waals surface area contributed by atoms with E-state index < -0.39 is 0 Å². The van der Waals surface area contributed by atoms with Crippen molar-refractivity contribution in [2.24, 2.45) is 0 Å². The first-order valence-corrected chi connectivity index (χ1v) is 8.87. The first kappa shape index (κ1) is 19.3. The third kappa shape index (κ3) is 4.61. The van der Waals surface area contributed by atoms with Crippen molar-refractivity contribution in [3.8, 4) is 11.7 Å².